The van der Waals surface area contributed by atoms with Crippen molar-refractivity contribution in [2.24, 2.45) is 0 Å². The Morgan fingerprint density at radius 1 is 1.30 bits per heavy atom. The topological polar surface area (TPSA) is 31.2 Å². The highest BCUT2D eigenvalue weighted by Crippen LogP contribution is 2.25. The molecule has 0 aliphatic carbocycles. The molecule has 1 aromatic carbocycles. The van der Waals surface area contributed by atoms with Crippen LogP contribution in [0.25, 0.3) is 10.9 Å². The summed E-state index contributed by atoms with van der Waals surface area (Å²) >= 11 is 0. The van der Waals surface area contributed by atoms with Crippen LogP contribution in [-0.4, -0.2) is 16.3 Å². The Hall–Kier alpha value is -1.77. The summed E-state index contributed by atoms with van der Waals surface area (Å²) in [6.45, 7) is 9.99. The van der Waals surface area contributed by atoms with Gasteiger partial charge in [0.15, 0.2) is 0 Å². The lowest BCUT2D eigenvalue weighted by molar-refractivity contribution is 0.0544. The highest BCUT2D eigenvalue weighted by molar-refractivity contribution is 5.90. The standard InChI is InChI=1S/C17H23NO2/c1-6-12(2)14-8-7-13-9-10-18(15(13)11-14)16(19)20-17(3,4)5/h7-12H,6H2,1-5H3. The third-order valence-corrected chi connectivity index (χ3v) is 3.49. The van der Waals surface area contributed by atoms with Crippen molar-refractivity contribution in [1.29, 1.82) is 0 Å². The van der Waals surface area contributed by atoms with E-state index >= 15 is 0 Å². The summed E-state index contributed by atoms with van der Waals surface area (Å²) in [6.07, 6.45) is 2.53. The molecule has 0 fully saturated rings. The van der Waals surface area contributed by atoms with Crippen LogP contribution in [0.2, 0.25) is 0 Å². The number of rotatable bonds is 2. The van der Waals surface area contributed by atoms with Gasteiger partial charge in [-0.15, -0.1) is 0 Å². The van der Waals surface area contributed by atoms with Crippen LogP contribution in [0.15, 0.2) is 30.5 Å². The maximum atomic E-state index is 12.2. The number of ether oxygens (including phenoxy) is 1. The molecule has 20 heavy (non-hydrogen) atoms. The quantitative estimate of drug-likeness (QED) is 0.776. The number of carbonyl (C=O) groups is 1. The average Bonchev–Trinajstić information content (AvgIpc) is 2.78. The van der Waals surface area contributed by atoms with Gasteiger partial charge in [0.05, 0.1) is 5.52 Å². The SMILES string of the molecule is CCC(C)c1ccc2ccn(C(=O)OC(C)(C)C)c2c1. The fraction of sp³-hybridized carbons (Fsp3) is 0.471. The molecule has 2 rings (SSSR count). The Balaban J connectivity index is 2.41. The fourth-order valence-corrected chi connectivity index (χ4v) is 2.16. The van der Waals surface area contributed by atoms with Crippen LogP contribution >= 0.6 is 0 Å². The molecule has 0 radical (unpaired) electrons. The van der Waals surface area contributed by atoms with Crippen molar-refractivity contribution in [1.82, 2.24) is 4.57 Å². The van der Waals surface area contributed by atoms with Crippen molar-refractivity contribution in [3.63, 3.8) is 0 Å². The Morgan fingerprint density at radius 2 is 2.00 bits per heavy atom. The van der Waals surface area contributed by atoms with E-state index < -0.39 is 5.60 Å². The van der Waals surface area contributed by atoms with Crippen molar-refractivity contribution in [3.05, 3.63) is 36.0 Å². The number of fused-ring (bicyclic) bond motifs is 1. The Kier molecular flexibility index (Phi) is 3.89. The third-order valence-electron chi connectivity index (χ3n) is 3.49. The van der Waals surface area contributed by atoms with Gasteiger partial charge in [-0.25, -0.2) is 4.79 Å². The lowest BCUT2D eigenvalue weighted by Gasteiger charge is -2.20. The van der Waals surface area contributed by atoms with Gasteiger partial charge < -0.3 is 4.74 Å². The van der Waals surface area contributed by atoms with Crippen LogP contribution in [0.3, 0.4) is 0 Å². The van der Waals surface area contributed by atoms with Crippen LogP contribution in [0, 0.1) is 0 Å². The molecule has 0 saturated heterocycles. The minimum atomic E-state index is -0.484. The van der Waals surface area contributed by atoms with E-state index in [1.165, 1.54) is 5.56 Å². The van der Waals surface area contributed by atoms with Crippen LogP contribution in [-0.2, 0) is 4.74 Å². The van der Waals surface area contributed by atoms with Crippen molar-refractivity contribution >= 4 is 17.0 Å². The van der Waals surface area contributed by atoms with Gasteiger partial charge in [0.25, 0.3) is 0 Å². The lowest BCUT2D eigenvalue weighted by Crippen LogP contribution is -2.26. The van der Waals surface area contributed by atoms with Gasteiger partial charge in [-0.1, -0.05) is 26.0 Å². The van der Waals surface area contributed by atoms with Gasteiger partial charge in [-0.2, -0.15) is 0 Å². The maximum absolute atomic E-state index is 12.2. The molecule has 0 saturated carbocycles. The molecule has 0 bridgehead atoms. The van der Waals surface area contributed by atoms with Gasteiger partial charge >= 0.3 is 6.09 Å². The summed E-state index contributed by atoms with van der Waals surface area (Å²) in [7, 11) is 0. The van der Waals surface area contributed by atoms with Gasteiger partial charge in [0, 0.05) is 11.6 Å². The van der Waals surface area contributed by atoms with E-state index in [4.69, 9.17) is 4.74 Å². The summed E-state index contributed by atoms with van der Waals surface area (Å²) in [6, 6.07) is 8.24. The van der Waals surface area contributed by atoms with E-state index in [0.717, 1.165) is 17.3 Å². The molecule has 1 aromatic heterocycles. The van der Waals surface area contributed by atoms with Gasteiger partial charge in [-0.05, 0) is 50.8 Å². The van der Waals surface area contributed by atoms with Gasteiger partial charge in [0.1, 0.15) is 5.60 Å². The van der Waals surface area contributed by atoms with Crippen molar-refractivity contribution < 1.29 is 9.53 Å². The van der Waals surface area contributed by atoms with E-state index in [2.05, 4.69) is 32.0 Å². The molecule has 0 aliphatic heterocycles. The summed E-state index contributed by atoms with van der Waals surface area (Å²) in [4.78, 5) is 12.2. The second-order valence-corrected chi connectivity index (χ2v) is 6.29. The molecular weight excluding hydrogens is 250 g/mol. The molecule has 108 valence electrons. The van der Waals surface area contributed by atoms with Crippen LogP contribution in [0.5, 0.6) is 0 Å². The molecule has 3 nitrogen and oxygen atoms in total. The second kappa shape index (κ2) is 5.31. The molecule has 2 aromatic rings. The summed E-state index contributed by atoms with van der Waals surface area (Å²) < 4.78 is 7.03. The van der Waals surface area contributed by atoms with Crippen molar-refractivity contribution in [2.45, 2.75) is 52.6 Å². The van der Waals surface area contributed by atoms with Gasteiger partial charge in [0.2, 0.25) is 0 Å². The lowest BCUT2D eigenvalue weighted by atomic mass is 9.98. The minimum Gasteiger partial charge on any atom is -0.443 e. The molecule has 1 atom stereocenters. The molecule has 0 amide bonds. The van der Waals surface area contributed by atoms with E-state index in [9.17, 15) is 4.79 Å². The molecular formula is C17H23NO2. The highest BCUT2D eigenvalue weighted by Gasteiger charge is 2.19. The van der Waals surface area contributed by atoms with E-state index in [-0.39, 0.29) is 6.09 Å². The Morgan fingerprint density at radius 3 is 2.60 bits per heavy atom. The zero-order chi connectivity index (χ0) is 14.9. The van der Waals surface area contributed by atoms with E-state index in [0.29, 0.717) is 5.92 Å². The molecule has 0 spiro atoms. The number of aromatic nitrogens is 1. The van der Waals surface area contributed by atoms with Crippen LogP contribution < -0.4 is 0 Å². The summed E-state index contributed by atoms with van der Waals surface area (Å²) in [5.41, 5.74) is 1.68. The molecule has 0 aliphatic rings. The Labute approximate surface area is 120 Å². The van der Waals surface area contributed by atoms with E-state index in [1.54, 1.807) is 10.8 Å². The normalized spacial score (nSPS) is 13.4. The summed E-state index contributed by atoms with van der Waals surface area (Å²) in [5, 5.41) is 1.06. The van der Waals surface area contributed by atoms with Crippen LogP contribution in [0.1, 0.15) is 52.5 Å². The predicted octanol–water partition coefficient (Wildman–Crippen LogP) is 4.94. The average molecular weight is 273 g/mol. The molecule has 1 heterocycles. The second-order valence-electron chi connectivity index (χ2n) is 6.29. The number of hydrogen-bond donors (Lipinski definition) is 0. The minimum absolute atomic E-state index is 0.325. The molecule has 0 N–H and O–H groups in total. The predicted molar refractivity (Wildman–Crippen MR) is 82.3 cm³/mol. The van der Waals surface area contributed by atoms with E-state index in [1.807, 2.05) is 26.8 Å². The number of hydrogen-bond acceptors (Lipinski definition) is 2. The first-order valence-corrected chi connectivity index (χ1v) is 7.16. The van der Waals surface area contributed by atoms with Crippen molar-refractivity contribution in [2.75, 3.05) is 0 Å². The highest BCUT2D eigenvalue weighted by atomic mass is 16.6. The fourth-order valence-electron chi connectivity index (χ4n) is 2.16. The smallest absolute Gasteiger partial charge is 0.418 e. The third kappa shape index (κ3) is 3.03. The zero-order valence-electron chi connectivity index (χ0n) is 12.9. The zero-order valence-corrected chi connectivity index (χ0v) is 12.9. The number of benzene rings is 1. The summed E-state index contributed by atoms with van der Waals surface area (Å²) in [5.74, 6) is 0.487. The first-order chi connectivity index (χ1) is 9.31. The first kappa shape index (κ1) is 14.6. The maximum Gasteiger partial charge on any atom is 0.418 e. The first-order valence-electron chi connectivity index (χ1n) is 7.16. The largest absolute Gasteiger partial charge is 0.443 e. The molecule has 1 unspecified atom stereocenters. The monoisotopic (exact) mass is 273 g/mol. The Bertz CT molecular complexity index is 619. The number of carbonyl (C=O) groups excluding carboxylic acids is 1. The van der Waals surface area contributed by atoms with Crippen LogP contribution in [0.4, 0.5) is 4.79 Å². The van der Waals surface area contributed by atoms with Gasteiger partial charge in [-0.3, -0.25) is 4.57 Å². The van der Waals surface area contributed by atoms with Crippen molar-refractivity contribution in [3.8, 4) is 0 Å². The number of nitrogens with zero attached hydrogens (tertiary/aromatic N) is 1. The molecule has 3 heteroatoms.